The summed E-state index contributed by atoms with van der Waals surface area (Å²) in [5, 5.41) is 6.43. The molecule has 1 aromatic rings. The summed E-state index contributed by atoms with van der Waals surface area (Å²) >= 11 is 0. The third kappa shape index (κ3) is 3.31. The Bertz CT molecular complexity index is 450. The zero-order valence-corrected chi connectivity index (χ0v) is 12.5. The Hall–Kier alpha value is -1.55. The van der Waals surface area contributed by atoms with Gasteiger partial charge in [-0.15, -0.1) is 0 Å². The quantitative estimate of drug-likeness (QED) is 0.887. The molecule has 0 saturated carbocycles. The van der Waals surface area contributed by atoms with Crippen LogP contribution in [0.5, 0.6) is 5.75 Å². The lowest BCUT2D eigenvalue weighted by Gasteiger charge is -2.33. The van der Waals surface area contributed by atoms with E-state index >= 15 is 0 Å². The van der Waals surface area contributed by atoms with Crippen molar-refractivity contribution < 1.29 is 9.53 Å². The van der Waals surface area contributed by atoms with Gasteiger partial charge < -0.3 is 15.4 Å². The Morgan fingerprint density at radius 1 is 1.30 bits per heavy atom. The fourth-order valence-corrected chi connectivity index (χ4v) is 2.55. The molecule has 0 bridgehead atoms. The van der Waals surface area contributed by atoms with Crippen LogP contribution in [-0.4, -0.2) is 26.1 Å². The molecule has 0 aliphatic carbocycles. The summed E-state index contributed by atoms with van der Waals surface area (Å²) in [5.74, 6) is 0.986. The highest BCUT2D eigenvalue weighted by molar-refractivity contribution is 5.82. The highest BCUT2D eigenvalue weighted by Gasteiger charge is 2.35. The second-order valence-corrected chi connectivity index (χ2v) is 5.78. The summed E-state index contributed by atoms with van der Waals surface area (Å²) in [4.78, 5) is 12.5. The van der Waals surface area contributed by atoms with Crippen molar-refractivity contribution >= 4 is 5.91 Å². The van der Waals surface area contributed by atoms with Crippen molar-refractivity contribution in [2.75, 3.05) is 20.2 Å². The number of carbonyl (C=O) groups excluding carboxylic acids is 1. The molecule has 1 fully saturated rings. The molecule has 0 aromatic heterocycles. The molecule has 20 heavy (non-hydrogen) atoms. The van der Waals surface area contributed by atoms with Crippen LogP contribution in [0.1, 0.15) is 38.3 Å². The molecule has 0 unspecified atom stereocenters. The lowest BCUT2D eigenvalue weighted by Crippen LogP contribution is -2.46. The van der Waals surface area contributed by atoms with Crippen LogP contribution in [0.15, 0.2) is 24.3 Å². The highest BCUT2D eigenvalue weighted by atomic mass is 16.5. The van der Waals surface area contributed by atoms with Crippen LogP contribution >= 0.6 is 0 Å². The van der Waals surface area contributed by atoms with Crippen molar-refractivity contribution in [3.05, 3.63) is 29.8 Å². The van der Waals surface area contributed by atoms with Gasteiger partial charge in [-0.25, -0.2) is 0 Å². The highest BCUT2D eigenvalue weighted by Crippen LogP contribution is 2.29. The molecular weight excluding hydrogens is 252 g/mol. The number of benzene rings is 1. The van der Waals surface area contributed by atoms with E-state index in [1.165, 1.54) is 0 Å². The van der Waals surface area contributed by atoms with Gasteiger partial charge in [0.25, 0.3) is 0 Å². The molecule has 1 saturated heterocycles. The number of ether oxygens (including phenoxy) is 1. The first-order valence-electron chi connectivity index (χ1n) is 7.21. The molecule has 1 atom stereocenters. The Morgan fingerprint density at radius 3 is 2.45 bits per heavy atom. The van der Waals surface area contributed by atoms with E-state index in [1.54, 1.807) is 7.11 Å². The minimum atomic E-state index is -0.244. The van der Waals surface area contributed by atoms with Crippen LogP contribution in [0.4, 0.5) is 0 Å². The van der Waals surface area contributed by atoms with Crippen LogP contribution in [0.2, 0.25) is 0 Å². The normalized spacial score (nSPS) is 19.1. The topological polar surface area (TPSA) is 50.4 Å². The van der Waals surface area contributed by atoms with E-state index in [4.69, 9.17) is 4.74 Å². The van der Waals surface area contributed by atoms with Gasteiger partial charge in [0, 0.05) is 5.41 Å². The maximum atomic E-state index is 12.5. The minimum absolute atomic E-state index is 0.0140. The largest absolute Gasteiger partial charge is 0.497 e. The summed E-state index contributed by atoms with van der Waals surface area (Å²) in [5.41, 5.74) is 0.850. The number of carbonyl (C=O) groups is 1. The van der Waals surface area contributed by atoms with E-state index in [-0.39, 0.29) is 17.4 Å². The van der Waals surface area contributed by atoms with Crippen molar-refractivity contribution in [2.24, 2.45) is 5.41 Å². The Balaban J connectivity index is 1.99. The molecule has 1 aliphatic rings. The summed E-state index contributed by atoms with van der Waals surface area (Å²) in [6.45, 7) is 5.91. The molecule has 1 heterocycles. The second-order valence-electron chi connectivity index (χ2n) is 5.78. The van der Waals surface area contributed by atoms with Gasteiger partial charge in [-0.1, -0.05) is 19.1 Å². The predicted molar refractivity (Wildman–Crippen MR) is 79.8 cm³/mol. The van der Waals surface area contributed by atoms with Crippen LogP contribution in [0.3, 0.4) is 0 Å². The van der Waals surface area contributed by atoms with E-state index in [9.17, 15) is 4.79 Å². The van der Waals surface area contributed by atoms with Gasteiger partial charge >= 0.3 is 0 Å². The number of amides is 1. The van der Waals surface area contributed by atoms with Gasteiger partial charge in [0.05, 0.1) is 13.2 Å². The lowest BCUT2D eigenvalue weighted by atomic mass is 9.80. The number of hydrogen-bond acceptors (Lipinski definition) is 3. The van der Waals surface area contributed by atoms with Crippen molar-refractivity contribution in [2.45, 2.75) is 32.7 Å². The van der Waals surface area contributed by atoms with Gasteiger partial charge in [-0.3, -0.25) is 4.79 Å². The summed E-state index contributed by atoms with van der Waals surface area (Å²) in [6, 6.07) is 7.84. The van der Waals surface area contributed by atoms with E-state index in [1.807, 2.05) is 31.2 Å². The Labute approximate surface area is 120 Å². The summed E-state index contributed by atoms with van der Waals surface area (Å²) in [7, 11) is 1.65. The molecule has 4 nitrogen and oxygen atoms in total. The first kappa shape index (κ1) is 14.9. The van der Waals surface area contributed by atoms with Gasteiger partial charge in [0.2, 0.25) is 5.91 Å². The molecule has 4 heteroatoms. The fourth-order valence-electron chi connectivity index (χ4n) is 2.55. The van der Waals surface area contributed by atoms with Gasteiger partial charge in [-0.2, -0.15) is 0 Å². The fraction of sp³-hybridized carbons (Fsp3) is 0.562. The molecule has 1 aliphatic heterocycles. The number of rotatable bonds is 4. The minimum Gasteiger partial charge on any atom is -0.497 e. The molecule has 2 N–H and O–H groups in total. The molecule has 1 aromatic carbocycles. The smallest absolute Gasteiger partial charge is 0.226 e. The average molecular weight is 276 g/mol. The lowest BCUT2D eigenvalue weighted by molar-refractivity contribution is -0.132. The molecule has 1 amide bonds. The third-order valence-electron chi connectivity index (χ3n) is 4.22. The average Bonchev–Trinajstić information content (AvgIpc) is 2.48. The zero-order valence-electron chi connectivity index (χ0n) is 12.5. The van der Waals surface area contributed by atoms with Crippen molar-refractivity contribution in [1.29, 1.82) is 0 Å². The maximum Gasteiger partial charge on any atom is 0.226 e. The van der Waals surface area contributed by atoms with Crippen LogP contribution in [-0.2, 0) is 4.79 Å². The van der Waals surface area contributed by atoms with E-state index in [0.717, 1.165) is 37.2 Å². The van der Waals surface area contributed by atoms with E-state index in [2.05, 4.69) is 17.6 Å². The number of nitrogens with one attached hydrogen (secondary N) is 2. The van der Waals surface area contributed by atoms with Crippen molar-refractivity contribution in [1.82, 2.24) is 10.6 Å². The van der Waals surface area contributed by atoms with Crippen LogP contribution in [0.25, 0.3) is 0 Å². The van der Waals surface area contributed by atoms with Gasteiger partial charge in [-0.05, 0) is 50.6 Å². The van der Waals surface area contributed by atoms with Crippen LogP contribution < -0.4 is 15.4 Å². The van der Waals surface area contributed by atoms with Crippen molar-refractivity contribution in [3.63, 3.8) is 0 Å². The van der Waals surface area contributed by atoms with Crippen LogP contribution in [0, 0.1) is 5.41 Å². The molecule has 110 valence electrons. The number of hydrogen-bond donors (Lipinski definition) is 2. The first-order valence-corrected chi connectivity index (χ1v) is 7.21. The first-order chi connectivity index (χ1) is 9.55. The number of piperidine rings is 1. The Morgan fingerprint density at radius 2 is 1.90 bits per heavy atom. The van der Waals surface area contributed by atoms with E-state index < -0.39 is 0 Å². The molecule has 0 radical (unpaired) electrons. The SMILES string of the molecule is COc1ccc([C@@H](C)NC(=O)C2(C)CCNCC2)cc1. The summed E-state index contributed by atoms with van der Waals surface area (Å²) in [6.07, 6.45) is 1.79. The van der Waals surface area contributed by atoms with Gasteiger partial charge in [0.1, 0.15) is 5.75 Å². The van der Waals surface area contributed by atoms with Gasteiger partial charge in [0.15, 0.2) is 0 Å². The monoisotopic (exact) mass is 276 g/mol. The Kier molecular flexibility index (Phi) is 4.65. The number of methoxy groups -OCH3 is 1. The molecule has 2 rings (SSSR count). The zero-order chi connectivity index (χ0) is 14.6. The predicted octanol–water partition coefficient (Wildman–Crippen LogP) is 2.26. The molecular formula is C16H24N2O2. The third-order valence-corrected chi connectivity index (χ3v) is 4.22. The van der Waals surface area contributed by atoms with E-state index in [0.29, 0.717) is 0 Å². The summed E-state index contributed by atoms with van der Waals surface area (Å²) < 4.78 is 5.15. The standard InChI is InChI=1S/C16H24N2O2/c1-12(13-4-6-14(20-3)7-5-13)18-15(19)16(2)8-10-17-11-9-16/h4-7,12,17H,8-11H2,1-3H3,(H,18,19)/t12-/m1/s1. The van der Waals surface area contributed by atoms with Crippen molar-refractivity contribution in [3.8, 4) is 5.75 Å². The maximum absolute atomic E-state index is 12.5. The second kappa shape index (κ2) is 6.27. The molecule has 0 spiro atoms.